The highest BCUT2D eigenvalue weighted by atomic mass is 15.2. The highest BCUT2D eigenvalue weighted by molar-refractivity contribution is 4.97. The molecule has 2 atom stereocenters. The van der Waals surface area contributed by atoms with Crippen molar-refractivity contribution in [3.05, 3.63) is 0 Å². The first-order chi connectivity index (χ1) is 6.31. The minimum absolute atomic E-state index is 0.861. The number of hydrogen-bond donors (Lipinski definition) is 1. The summed E-state index contributed by atoms with van der Waals surface area (Å²) in [4.78, 5) is 2.71. The fourth-order valence-corrected chi connectivity index (χ4v) is 3.37. The second-order valence-corrected chi connectivity index (χ2v) is 5.32. The maximum Gasteiger partial charge on any atom is 0.0125 e. The molecule has 0 aromatic rings. The summed E-state index contributed by atoms with van der Waals surface area (Å²) < 4.78 is 0. The van der Waals surface area contributed by atoms with Gasteiger partial charge in [0.2, 0.25) is 0 Å². The zero-order chi connectivity index (χ0) is 8.84. The van der Waals surface area contributed by atoms with Gasteiger partial charge in [0.05, 0.1) is 0 Å². The van der Waals surface area contributed by atoms with Crippen molar-refractivity contribution in [1.29, 1.82) is 0 Å². The van der Waals surface area contributed by atoms with Gasteiger partial charge in [-0.1, -0.05) is 6.92 Å². The van der Waals surface area contributed by atoms with Crippen LogP contribution in [0.5, 0.6) is 0 Å². The average Bonchev–Trinajstić information content (AvgIpc) is 2.40. The monoisotopic (exact) mass is 180 g/mol. The van der Waals surface area contributed by atoms with Crippen LogP contribution in [-0.2, 0) is 0 Å². The highest BCUT2D eigenvalue weighted by Crippen LogP contribution is 2.32. The molecular weight excluding hydrogens is 160 g/mol. The molecule has 2 unspecified atom stereocenters. The number of likely N-dealkylation sites (tertiary alicyclic amines) is 1. The molecule has 3 aliphatic heterocycles. The number of piperidine rings is 1. The van der Waals surface area contributed by atoms with E-state index in [2.05, 4.69) is 17.1 Å². The van der Waals surface area contributed by atoms with Gasteiger partial charge in [0.1, 0.15) is 0 Å². The predicted molar refractivity (Wildman–Crippen MR) is 53.7 cm³/mol. The van der Waals surface area contributed by atoms with Gasteiger partial charge in [-0.05, 0) is 31.6 Å². The van der Waals surface area contributed by atoms with Gasteiger partial charge in [0.25, 0.3) is 0 Å². The zero-order valence-corrected chi connectivity index (χ0v) is 8.50. The lowest BCUT2D eigenvalue weighted by molar-refractivity contribution is 0.0376. The van der Waals surface area contributed by atoms with Crippen molar-refractivity contribution in [2.75, 3.05) is 13.1 Å². The maximum atomic E-state index is 3.71. The fraction of sp³-hybridized carbons (Fsp3) is 1.00. The Labute approximate surface area is 80.7 Å². The van der Waals surface area contributed by atoms with Crippen LogP contribution in [0.25, 0.3) is 0 Å². The Kier molecular flexibility index (Phi) is 1.88. The van der Waals surface area contributed by atoms with Crippen LogP contribution in [0.4, 0.5) is 0 Å². The van der Waals surface area contributed by atoms with Crippen LogP contribution in [0.2, 0.25) is 0 Å². The van der Waals surface area contributed by atoms with Crippen LogP contribution in [0.15, 0.2) is 0 Å². The Hall–Kier alpha value is -0.0800. The van der Waals surface area contributed by atoms with E-state index in [9.17, 15) is 0 Å². The second-order valence-electron chi connectivity index (χ2n) is 5.32. The van der Waals surface area contributed by atoms with E-state index in [0.29, 0.717) is 0 Å². The molecule has 13 heavy (non-hydrogen) atoms. The van der Waals surface area contributed by atoms with Gasteiger partial charge in [-0.3, -0.25) is 4.90 Å². The molecule has 74 valence electrons. The van der Waals surface area contributed by atoms with E-state index in [1.807, 2.05) is 0 Å². The SMILES string of the molecule is CC1CN(C2CC3CCC(C2)N3)C1. The van der Waals surface area contributed by atoms with Gasteiger partial charge in [0.15, 0.2) is 0 Å². The summed E-state index contributed by atoms with van der Waals surface area (Å²) >= 11 is 0. The van der Waals surface area contributed by atoms with E-state index < -0.39 is 0 Å². The highest BCUT2D eigenvalue weighted by Gasteiger charge is 2.38. The van der Waals surface area contributed by atoms with Gasteiger partial charge >= 0.3 is 0 Å². The van der Waals surface area contributed by atoms with Crippen LogP contribution in [0, 0.1) is 5.92 Å². The summed E-state index contributed by atoms with van der Waals surface area (Å²) in [6.45, 7) is 5.10. The molecule has 3 fully saturated rings. The maximum absolute atomic E-state index is 3.71. The fourth-order valence-electron chi connectivity index (χ4n) is 3.37. The van der Waals surface area contributed by atoms with Gasteiger partial charge in [0, 0.05) is 31.2 Å². The van der Waals surface area contributed by atoms with E-state index in [1.54, 1.807) is 0 Å². The third kappa shape index (κ3) is 1.40. The number of rotatable bonds is 1. The first kappa shape index (κ1) is 8.25. The second kappa shape index (κ2) is 2.96. The first-order valence-corrected chi connectivity index (χ1v) is 5.81. The summed E-state index contributed by atoms with van der Waals surface area (Å²) in [5.41, 5.74) is 0. The summed E-state index contributed by atoms with van der Waals surface area (Å²) in [7, 11) is 0. The molecule has 0 aliphatic carbocycles. The topological polar surface area (TPSA) is 15.3 Å². The Morgan fingerprint density at radius 2 is 1.69 bits per heavy atom. The molecule has 0 spiro atoms. The Balaban J connectivity index is 1.60. The van der Waals surface area contributed by atoms with Crippen molar-refractivity contribution in [3.63, 3.8) is 0 Å². The molecule has 1 N–H and O–H groups in total. The van der Waals surface area contributed by atoms with E-state index in [1.165, 1.54) is 38.8 Å². The molecule has 2 heteroatoms. The van der Waals surface area contributed by atoms with Gasteiger partial charge in [-0.25, -0.2) is 0 Å². The van der Waals surface area contributed by atoms with Crippen LogP contribution < -0.4 is 5.32 Å². The molecule has 0 radical (unpaired) electrons. The van der Waals surface area contributed by atoms with Crippen molar-refractivity contribution >= 4 is 0 Å². The average molecular weight is 180 g/mol. The normalized spacial score (nSPS) is 46.4. The summed E-state index contributed by atoms with van der Waals surface area (Å²) in [5.74, 6) is 0.965. The van der Waals surface area contributed by atoms with Gasteiger partial charge in [-0.15, -0.1) is 0 Å². The number of nitrogens with zero attached hydrogens (tertiary/aromatic N) is 1. The largest absolute Gasteiger partial charge is 0.311 e. The van der Waals surface area contributed by atoms with E-state index in [4.69, 9.17) is 0 Å². The number of fused-ring (bicyclic) bond motifs is 2. The third-order valence-corrected chi connectivity index (χ3v) is 4.06. The van der Waals surface area contributed by atoms with Gasteiger partial charge < -0.3 is 5.32 Å². The molecule has 3 aliphatic rings. The Bertz CT molecular complexity index is 186. The molecule has 0 saturated carbocycles. The molecule has 2 nitrogen and oxygen atoms in total. The molecule has 3 rings (SSSR count). The first-order valence-electron chi connectivity index (χ1n) is 5.81. The summed E-state index contributed by atoms with van der Waals surface area (Å²) in [6.07, 6.45) is 5.71. The predicted octanol–water partition coefficient (Wildman–Crippen LogP) is 1.22. The van der Waals surface area contributed by atoms with Crippen molar-refractivity contribution in [3.8, 4) is 0 Å². The Morgan fingerprint density at radius 3 is 2.23 bits per heavy atom. The number of nitrogens with one attached hydrogen (secondary N) is 1. The van der Waals surface area contributed by atoms with E-state index in [0.717, 1.165) is 24.0 Å². The zero-order valence-electron chi connectivity index (χ0n) is 8.50. The molecule has 0 amide bonds. The summed E-state index contributed by atoms with van der Waals surface area (Å²) in [5, 5.41) is 3.71. The Morgan fingerprint density at radius 1 is 1.08 bits per heavy atom. The van der Waals surface area contributed by atoms with Crippen molar-refractivity contribution in [2.45, 2.75) is 50.7 Å². The van der Waals surface area contributed by atoms with Crippen LogP contribution >= 0.6 is 0 Å². The van der Waals surface area contributed by atoms with Crippen LogP contribution in [0.3, 0.4) is 0 Å². The lowest BCUT2D eigenvalue weighted by atomic mass is 9.92. The van der Waals surface area contributed by atoms with Crippen LogP contribution in [-0.4, -0.2) is 36.1 Å². The third-order valence-electron chi connectivity index (χ3n) is 4.06. The minimum Gasteiger partial charge on any atom is -0.311 e. The van der Waals surface area contributed by atoms with E-state index in [-0.39, 0.29) is 0 Å². The molecule has 2 bridgehead atoms. The summed E-state index contributed by atoms with van der Waals surface area (Å²) in [6, 6.07) is 2.65. The van der Waals surface area contributed by atoms with Crippen LogP contribution in [0.1, 0.15) is 32.6 Å². The van der Waals surface area contributed by atoms with Gasteiger partial charge in [-0.2, -0.15) is 0 Å². The molecule has 0 aromatic heterocycles. The lowest BCUT2D eigenvalue weighted by Crippen LogP contribution is -2.56. The van der Waals surface area contributed by atoms with Crippen molar-refractivity contribution in [2.24, 2.45) is 5.92 Å². The minimum atomic E-state index is 0.861. The molecule has 3 saturated heterocycles. The lowest BCUT2D eigenvalue weighted by Gasteiger charge is -2.46. The van der Waals surface area contributed by atoms with Crippen molar-refractivity contribution < 1.29 is 0 Å². The molecular formula is C11H20N2. The smallest absolute Gasteiger partial charge is 0.0125 e. The molecule has 3 heterocycles. The van der Waals surface area contributed by atoms with Crippen molar-refractivity contribution in [1.82, 2.24) is 10.2 Å². The quantitative estimate of drug-likeness (QED) is 0.653. The van der Waals surface area contributed by atoms with E-state index >= 15 is 0 Å². The molecule has 0 aromatic carbocycles. The standard InChI is InChI=1S/C11H20N2/c1-8-6-13(7-8)11-4-9-2-3-10(5-11)12-9/h8-12H,2-7H2,1H3. The number of hydrogen-bond acceptors (Lipinski definition) is 2.